The molecule has 0 spiro atoms. The van der Waals surface area contributed by atoms with Gasteiger partial charge in [-0.2, -0.15) is 0 Å². The Morgan fingerprint density at radius 1 is 1.00 bits per heavy atom. The maximum absolute atomic E-state index is 3.77. The topological polar surface area (TPSA) is 0 Å². The molecule has 0 aromatic carbocycles. The van der Waals surface area contributed by atoms with Crippen LogP contribution in [-0.2, 0) is 0 Å². The van der Waals surface area contributed by atoms with Gasteiger partial charge in [-0.1, -0.05) is 25.3 Å². The average molecular weight is 164 g/mol. The molecule has 0 saturated heterocycles. The minimum Gasteiger partial charge on any atom is -0.145 e. The Balaban J connectivity index is 3.39. The standard InChI is InChI=1S/C10H12S/c1-5-9-7(3)11-8(4)10(9)6-2/h5-6H,1-2H2,3-4H3. The average Bonchev–Trinajstić information content (AvgIpc) is 2.24. The summed E-state index contributed by atoms with van der Waals surface area (Å²) in [5, 5.41) is 0. The molecular formula is C10H12S. The third-order valence-electron chi connectivity index (χ3n) is 1.76. The molecule has 1 rings (SSSR count). The van der Waals surface area contributed by atoms with Crippen LogP contribution in [0.15, 0.2) is 13.2 Å². The predicted octanol–water partition coefficient (Wildman–Crippen LogP) is 3.65. The van der Waals surface area contributed by atoms with Crippen molar-refractivity contribution in [3.63, 3.8) is 0 Å². The lowest BCUT2D eigenvalue weighted by molar-refractivity contribution is 1.54. The first-order valence-electron chi connectivity index (χ1n) is 3.55. The Bertz CT molecular complexity index is 264. The molecule has 0 saturated carbocycles. The minimum absolute atomic E-state index is 1.24. The Kier molecular flexibility index (Phi) is 2.30. The molecular weight excluding hydrogens is 152 g/mol. The summed E-state index contributed by atoms with van der Waals surface area (Å²) >= 11 is 1.80. The Labute approximate surface area is 71.9 Å². The van der Waals surface area contributed by atoms with Gasteiger partial charge in [-0.25, -0.2) is 0 Å². The van der Waals surface area contributed by atoms with Crippen LogP contribution in [-0.4, -0.2) is 0 Å². The van der Waals surface area contributed by atoms with Crippen LogP contribution in [0.25, 0.3) is 12.2 Å². The first kappa shape index (κ1) is 8.28. The molecule has 0 N–H and O–H groups in total. The van der Waals surface area contributed by atoms with Gasteiger partial charge in [0.25, 0.3) is 0 Å². The van der Waals surface area contributed by atoms with E-state index in [-0.39, 0.29) is 0 Å². The van der Waals surface area contributed by atoms with Gasteiger partial charge in [-0.05, 0) is 25.0 Å². The summed E-state index contributed by atoms with van der Waals surface area (Å²) in [6, 6.07) is 0. The Morgan fingerprint density at radius 3 is 1.64 bits per heavy atom. The first-order valence-corrected chi connectivity index (χ1v) is 4.37. The molecule has 0 amide bonds. The number of rotatable bonds is 2. The second-order valence-corrected chi connectivity index (χ2v) is 3.88. The fourth-order valence-electron chi connectivity index (χ4n) is 1.23. The van der Waals surface area contributed by atoms with Crippen molar-refractivity contribution in [3.8, 4) is 0 Å². The molecule has 11 heavy (non-hydrogen) atoms. The lowest BCUT2D eigenvalue weighted by Crippen LogP contribution is -1.75. The van der Waals surface area contributed by atoms with E-state index in [1.54, 1.807) is 11.3 Å². The van der Waals surface area contributed by atoms with Crippen LogP contribution in [0.5, 0.6) is 0 Å². The summed E-state index contributed by atoms with van der Waals surface area (Å²) in [6.07, 6.45) is 3.80. The van der Waals surface area contributed by atoms with E-state index in [4.69, 9.17) is 0 Å². The van der Waals surface area contributed by atoms with Crippen LogP contribution in [0.2, 0.25) is 0 Å². The van der Waals surface area contributed by atoms with Gasteiger partial charge >= 0.3 is 0 Å². The highest BCUT2D eigenvalue weighted by Gasteiger charge is 2.05. The van der Waals surface area contributed by atoms with Crippen molar-refractivity contribution in [1.82, 2.24) is 0 Å². The highest BCUT2D eigenvalue weighted by atomic mass is 32.1. The zero-order chi connectivity index (χ0) is 8.43. The van der Waals surface area contributed by atoms with Crippen molar-refractivity contribution < 1.29 is 0 Å². The second-order valence-electron chi connectivity index (χ2n) is 2.45. The van der Waals surface area contributed by atoms with E-state index in [2.05, 4.69) is 27.0 Å². The molecule has 0 aliphatic heterocycles. The molecule has 1 heteroatoms. The summed E-state index contributed by atoms with van der Waals surface area (Å²) in [6.45, 7) is 11.8. The van der Waals surface area contributed by atoms with E-state index < -0.39 is 0 Å². The van der Waals surface area contributed by atoms with Crippen molar-refractivity contribution in [3.05, 3.63) is 34.0 Å². The molecule has 1 aromatic heterocycles. The van der Waals surface area contributed by atoms with E-state index in [0.717, 1.165) is 0 Å². The summed E-state index contributed by atoms with van der Waals surface area (Å²) in [7, 11) is 0. The van der Waals surface area contributed by atoms with Gasteiger partial charge in [0.1, 0.15) is 0 Å². The van der Waals surface area contributed by atoms with E-state index in [0.29, 0.717) is 0 Å². The maximum Gasteiger partial charge on any atom is 0.00954 e. The van der Waals surface area contributed by atoms with Crippen molar-refractivity contribution in [2.75, 3.05) is 0 Å². The molecule has 0 fully saturated rings. The summed E-state index contributed by atoms with van der Waals surface area (Å²) in [5.74, 6) is 0. The molecule has 1 heterocycles. The number of thiophene rings is 1. The fourth-order valence-corrected chi connectivity index (χ4v) is 2.29. The van der Waals surface area contributed by atoms with Crippen molar-refractivity contribution in [2.45, 2.75) is 13.8 Å². The highest BCUT2D eigenvalue weighted by molar-refractivity contribution is 7.12. The smallest absolute Gasteiger partial charge is 0.00954 e. The molecule has 0 atom stereocenters. The Hall–Kier alpha value is -0.820. The minimum atomic E-state index is 1.24. The van der Waals surface area contributed by atoms with E-state index in [9.17, 15) is 0 Å². The normalized spacial score (nSPS) is 9.64. The van der Waals surface area contributed by atoms with Gasteiger partial charge in [-0.15, -0.1) is 11.3 Å². The lowest BCUT2D eigenvalue weighted by atomic mass is 10.1. The lowest BCUT2D eigenvalue weighted by Gasteiger charge is -1.92. The number of hydrogen-bond acceptors (Lipinski definition) is 1. The molecule has 0 nitrogen and oxygen atoms in total. The second kappa shape index (κ2) is 3.05. The van der Waals surface area contributed by atoms with Crippen LogP contribution in [0, 0.1) is 13.8 Å². The third kappa shape index (κ3) is 1.29. The molecule has 1 aromatic rings. The highest BCUT2D eigenvalue weighted by Crippen LogP contribution is 2.28. The van der Waals surface area contributed by atoms with Crippen LogP contribution < -0.4 is 0 Å². The summed E-state index contributed by atoms with van der Waals surface area (Å²) in [5.41, 5.74) is 2.48. The van der Waals surface area contributed by atoms with Gasteiger partial charge in [0.2, 0.25) is 0 Å². The number of aryl methyl sites for hydroxylation is 2. The zero-order valence-electron chi connectivity index (χ0n) is 6.98. The molecule has 58 valence electrons. The van der Waals surface area contributed by atoms with Gasteiger partial charge in [-0.3, -0.25) is 0 Å². The molecule has 0 unspecified atom stereocenters. The van der Waals surface area contributed by atoms with Crippen LogP contribution in [0.3, 0.4) is 0 Å². The summed E-state index contributed by atoms with van der Waals surface area (Å²) in [4.78, 5) is 2.65. The Morgan fingerprint density at radius 2 is 1.36 bits per heavy atom. The summed E-state index contributed by atoms with van der Waals surface area (Å²) < 4.78 is 0. The van der Waals surface area contributed by atoms with Crippen LogP contribution in [0.1, 0.15) is 20.9 Å². The van der Waals surface area contributed by atoms with Crippen molar-refractivity contribution in [1.29, 1.82) is 0 Å². The van der Waals surface area contributed by atoms with E-state index in [1.807, 2.05) is 12.2 Å². The SMILES string of the molecule is C=Cc1c(C)sc(C)c1C=C. The monoisotopic (exact) mass is 164 g/mol. The quantitative estimate of drug-likeness (QED) is 0.626. The van der Waals surface area contributed by atoms with Gasteiger partial charge in [0.15, 0.2) is 0 Å². The third-order valence-corrected chi connectivity index (χ3v) is 2.82. The molecule has 0 aliphatic carbocycles. The van der Waals surface area contributed by atoms with Crippen molar-refractivity contribution >= 4 is 23.5 Å². The van der Waals surface area contributed by atoms with Gasteiger partial charge < -0.3 is 0 Å². The first-order chi connectivity index (χ1) is 5.20. The largest absolute Gasteiger partial charge is 0.145 e. The van der Waals surface area contributed by atoms with E-state index >= 15 is 0 Å². The molecule has 0 bridgehead atoms. The zero-order valence-corrected chi connectivity index (χ0v) is 7.79. The van der Waals surface area contributed by atoms with Gasteiger partial charge in [0, 0.05) is 9.75 Å². The van der Waals surface area contributed by atoms with Crippen LogP contribution in [0.4, 0.5) is 0 Å². The predicted molar refractivity (Wildman–Crippen MR) is 54.0 cm³/mol. The van der Waals surface area contributed by atoms with Crippen molar-refractivity contribution in [2.24, 2.45) is 0 Å². The maximum atomic E-state index is 3.77. The van der Waals surface area contributed by atoms with Gasteiger partial charge in [0.05, 0.1) is 0 Å². The number of hydrogen-bond donors (Lipinski definition) is 0. The fraction of sp³-hybridized carbons (Fsp3) is 0.200. The van der Waals surface area contributed by atoms with E-state index in [1.165, 1.54) is 20.9 Å². The molecule has 0 aliphatic rings. The molecule has 0 radical (unpaired) electrons. The van der Waals surface area contributed by atoms with Crippen LogP contribution >= 0.6 is 11.3 Å².